The maximum atomic E-state index is 13.9. The van der Waals surface area contributed by atoms with E-state index in [9.17, 15) is 13.6 Å². The largest absolute Gasteiger partial charge is 0.322 e. The highest BCUT2D eigenvalue weighted by molar-refractivity contribution is 9.10. The number of hydrogen-bond donors (Lipinski definition) is 1. The van der Waals surface area contributed by atoms with Crippen LogP contribution in [0.2, 0.25) is 0 Å². The molecule has 20 heavy (non-hydrogen) atoms. The van der Waals surface area contributed by atoms with E-state index in [0.717, 1.165) is 16.1 Å². The van der Waals surface area contributed by atoms with E-state index in [0.29, 0.717) is 5.69 Å². The molecule has 0 saturated heterocycles. The number of hydrogen-bond acceptors (Lipinski definition) is 1. The van der Waals surface area contributed by atoms with Crippen molar-refractivity contribution in [2.75, 3.05) is 5.32 Å². The van der Waals surface area contributed by atoms with Crippen molar-refractivity contribution in [2.45, 2.75) is 13.8 Å². The summed E-state index contributed by atoms with van der Waals surface area (Å²) in [6.07, 6.45) is 0. The summed E-state index contributed by atoms with van der Waals surface area (Å²) in [6, 6.07) is 7.60. The van der Waals surface area contributed by atoms with Crippen molar-refractivity contribution >= 4 is 27.5 Å². The summed E-state index contributed by atoms with van der Waals surface area (Å²) in [4.78, 5) is 12.1. The van der Waals surface area contributed by atoms with E-state index in [1.165, 1.54) is 13.0 Å². The third-order valence-corrected chi connectivity index (χ3v) is 3.89. The molecule has 0 saturated carbocycles. The second-order valence-corrected chi connectivity index (χ2v) is 5.27. The molecule has 2 nitrogen and oxygen atoms in total. The maximum absolute atomic E-state index is 13.9. The number of benzene rings is 2. The summed E-state index contributed by atoms with van der Waals surface area (Å²) in [5.41, 5.74) is 0.950. The Bertz CT molecular complexity index is 686. The number of amides is 1. The second-order valence-electron chi connectivity index (χ2n) is 4.42. The lowest BCUT2D eigenvalue weighted by Crippen LogP contribution is -2.17. The van der Waals surface area contributed by atoms with Gasteiger partial charge < -0.3 is 5.32 Å². The molecule has 2 aromatic rings. The standard InChI is InChI=1S/C15H12BrF2NO/c1-8-6-7-11(17)13(14(8)18)15(20)19-12-5-3-4-10(16)9(12)2/h3-7H,1-2H3,(H,19,20). The predicted molar refractivity (Wildman–Crippen MR) is 77.9 cm³/mol. The number of aryl methyl sites for hydroxylation is 1. The highest BCUT2D eigenvalue weighted by Gasteiger charge is 2.19. The molecule has 1 amide bonds. The van der Waals surface area contributed by atoms with E-state index in [1.54, 1.807) is 19.1 Å². The van der Waals surface area contributed by atoms with Crippen LogP contribution in [0.25, 0.3) is 0 Å². The molecule has 5 heteroatoms. The Morgan fingerprint density at radius 2 is 1.85 bits per heavy atom. The predicted octanol–water partition coefficient (Wildman–Crippen LogP) is 4.60. The van der Waals surface area contributed by atoms with Crippen molar-refractivity contribution in [1.82, 2.24) is 0 Å². The van der Waals surface area contributed by atoms with Gasteiger partial charge in [-0.3, -0.25) is 4.79 Å². The lowest BCUT2D eigenvalue weighted by atomic mass is 10.1. The molecule has 0 aromatic heterocycles. The molecule has 0 heterocycles. The van der Waals surface area contributed by atoms with Crippen LogP contribution in [0, 0.1) is 25.5 Å². The smallest absolute Gasteiger partial charge is 0.261 e. The summed E-state index contributed by atoms with van der Waals surface area (Å²) in [6.45, 7) is 3.28. The van der Waals surface area contributed by atoms with Crippen LogP contribution in [-0.4, -0.2) is 5.91 Å². The fraction of sp³-hybridized carbons (Fsp3) is 0.133. The van der Waals surface area contributed by atoms with Gasteiger partial charge in [0.15, 0.2) is 0 Å². The molecular weight excluding hydrogens is 328 g/mol. The van der Waals surface area contributed by atoms with Crippen molar-refractivity contribution in [3.63, 3.8) is 0 Å². The summed E-state index contributed by atoms with van der Waals surface area (Å²) in [5, 5.41) is 2.53. The number of anilines is 1. The van der Waals surface area contributed by atoms with E-state index in [4.69, 9.17) is 0 Å². The lowest BCUT2D eigenvalue weighted by molar-refractivity contribution is 0.101. The van der Waals surface area contributed by atoms with Crippen LogP contribution in [0.1, 0.15) is 21.5 Å². The molecule has 0 aliphatic heterocycles. The van der Waals surface area contributed by atoms with Gasteiger partial charge in [0.05, 0.1) is 0 Å². The minimum Gasteiger partial charge on any atom is -0.322 e. The first-order valence-corrected chi connectivity index (χ1v) is 6.72. The van der Waals surface area contributed by atoms with Gasteiger partial charge >= 0.3 is 0 Å². The van der Waals surface area contributed by atoms with Gasteiger partial charge in [0, 0.05) is 10.2 Å². The average Bonchev–Trinajstić information content (AvgIpc) is 2.40. The van der Waals surface area contributed by atoms with E-state index in [-0.39, 0.29) is 5.56 Å². The normalized spacial score (nSPS) is 10.4. The molecule has 0 bridgehead atoms. The van der Waals surface area contributed by atoms with E-state index in [2.05, 4.69) is 21.2 Å². The topological polar surface area (TPSA) is 29.1 Å². The van der Waals surface area contributed by atoms with Crippen LogP contribution in [0.3, 0.4) is 0 Å². The van der Waals surface area contributed by atoms with Crippen LogP contribution in [0.4, 0.5) is 14.5 Å². The van der Waals surface area contributed by atoms with Crippen LogP contribution < -0.4 is 5.32 Å². The molecular formula is C15H12BrF2NO. The molecule has 0 spiro atoms. The molecule has 0 atom stereocenters. The summed E-state index contributed by atoms with van der Waals surface area (Å²) in [5.74, 6) is -2.52. The molecule has 2 rings (SSSR count). The summed E-state index contributed by atoms with van der Waals surface area (Å²) >= 11 is 3.33. The maximum Gasteiger partial charge on any atom is 0.261 e. The SMILES string of the molecule is Cc1ccc(F)c(C(=O)Nc2cccc(Br)c2C)c1F. The molecule has 104 valence electrons. The van der Waals surface area contributed by atoms with Gasteiger partial charge in [0.1, 0.15) is 17.2 Å². The first-order valence-electron chi connectivity index (χ1n) is 5.93. The van der Waals surface area contributed by atoms with Crippen LogP contribution in [-0.2, 0) is 0 Å². The summed E-state index contributed by atoms with van der Waals surface area (Å²) < 4.78 is 28.3. The van der Waals surface area contributed by atoms with Crippen LogP contribution in [0.5, 0.6) is 0 Å². The zero-order chi connectivity index (χ0) is 14.9. The monoisotopic (exact) mass is 339 g/mol. The number of carbonyl (C=O) groups excluding carboxylic acids is 1. The van der Waals surface area contributed by atoms with Crippen molar-refractivity contribution < 1.29 is 13.6 Å². The fourth-order valence-electron chi connectivity index (χ4n) is 1.79. The quantitative estimate of drug-likeness (QED) is 0.851. The zero-order valence-corrected chi connectivity index (χ0v) is 12.5. The van der Waals surface area contributed by atoms with Crippen LogP contribution in [0.15, 0.2) is 34.8 Å². The van der Waals surface area contributed by atoms with Gasteiger partial charge in [-0.15, -0.1) is 0 Å². The highest BCUT2D eigenvalue weighted by Crippen LogP contribution is 2.25. The van der Waals surface area contributed by atoms with Gasteiger partial charge in [-0.25, -0.2) is 8.78 Å². The molecule has 2 aromatic carbocycles. The van der Waals surface area contributed by atoms with Gasteiger partial charge in [-0.2, -0.15) is 0 Å². The Morgan fingerprint density at radius 3 is 2.55 bits per heavy atom. The molecule has 0 aliphatic carbocycles. The lowest BCUT2D eigenvalue weighted by Gasteiger charge is -2.11. The second kappa shape index (κ2) is 5.71. The Morgan fingerprint density at radius 1 is 1.15 bits per heavy atom. The minimum atomic E-state index is -0.877. The molecule has 0 radical (unpaired) electrons. The Hall–Kier alpha value is -1.75. The molecule has 0 aliphatic rings. The number of carbonyl (C=O) groups is 1. The van der Waals surface area contributed by atoms with Crippen molar-refractivity contribution in [3.05, 3.63) is 63.1 Å². The first kappa shape index (κ1) is 14.7. The van der Waals surface area contributed by atoms with Gasteiger partial charge in [0.25, 0.3) is 5.91 Å². The zero-order valence-electron chi connectivity index (χ0n) is 10.9. The average molecular weight is 340 g/mol. The number of nitrogens with one attached hydrogen (secondary N) is 1. The first-order chi connectivity index (χ1) is 9.41. The highest BCUT2D eigenvalue weighted by atomic mass is 79.9. The third kappa shape index (κ3) is 2.72. The van der Waals surface area contributed by atoms with Gasteiger partial charge in [0.2, 0.25) is 0 Å². The van der Waals surface area contributed by atoms with E-state index in [1.807, 2.05) is 6.07 Å². The van der Waals surface area contributed by atoms with E-state index < -0.39 is 23.1 Å². The molecule has 0 unspecified atom stereocenters. The Balaban J connectivity index is 2.39. The van der Waals surface area contributed by atoms with Crippen molar-refractivity contribution in [1.29, 1.82) is 0 Å². The van der Waals surface area contributed by atoms with Crippen molar-refractivity contribution in [2.24, 2.45) is 0 Å². The van der Waals surface area contributed by atoms with Crippen molar-refractivity contribution in [3.8, 4) is 0 Å². The van der Waals surface area contributed by atoms with Crippen LogP contribution >= 0.6 is 15.9 Å². The Kier molecular flexibility index (Phi) is 4.18. The number of rotatable bonds is 2. The fourth-order valence-corrected chi connectivity index (χ4v) is 2.16. The summed E-state index contributed by atoms with van der Waals surface area (Å²) in [7, 11) is 0. The Labute approximate surface area is 123 Å². The van der Waals surface area contributed by atoms with Gasteiger partial charge in [-0.1, -0.05) is 28.1 Å². The third-order valence-electron chi connectivity index (χ3n) is 3.03. The van der Waals surface area contributed by atoms with Gasteiger partial charge in [-0.05, 0) is 43.2 Å². The number of halogens is 3. The van der Waals surface area contributed by atoms with E-state index >= 15 is 0 Å². The minimum absolute atomic E-state index is 0.225. The molecule has 1 N–H and O–H groups in total. The molecule has 0 fully saturated rings.